The number of hydrogen-bond acceptors (Lipinski definition) is 1. The fourth-order valence-corrected chi connectivity index (χ4v) is 1.66. The van der Waals surface area contributed by atoms with Crippen LogP contribution in [0.2, 0.25) is 0 Å². The Hall–Kier alpha value is -0.0400. The lowest BCUT2D eigenvalue weighted by atomic mass is 9.92. The molecule has 0 spiro atoms. The topological polar surface area (TPSA) is 9.23 Å². The van der Waals surface area contributed by atoms with Gasteiger partial charge in [-0.05, 0) is 31.1 Å². The summed E-state index contributed by atoms with van der Waals surface area (Å²) in [7, 11) is 0. The smallest absolute Gasteiger partial charge is 0.0494 e. The Labute approximate surface area is 63.8 Å². The summed E-state index contributed by atoms with van der Waals surface area (Å²) in [4.78, 5) is 0. The third-order valence-corrected chi connectivity index (χ3v) is 2.06. The monoisotopic (exact) mass is 142 g/mol. The van der Waals surface area contributed by atoms with Crippen molar-refractivity contribution in [2.75, 3.05) is 13.2 Å². The van der Waals surface area contributed by atoms with Gasteiger partial charge in [-0.25, -0.2) is 0 Å². The molecular weight excluding hydrogens is 124 g/mol. The van der Waals surface area contributed by atoms with Crippen LogP contribution >= 0.6 is 0 Å². The highest BCUT2D eigenvalue weighted by atomic mass is 16.5. The highest BCUT2D eigenvalue weighted by Crippen LogP contribution is 2.20. The van der Waals surface area contributed by atoms with Crippen molar-refractivity contribution in [2.45, 2.75) is 33.1 Å². The summed E-state index contributed by atoms with van der Waals surface area (Å²) in [6.45, 7) is 6.58. The molecule has 1 aliphatic heterocycles. The first-order chi connectivity index (χ1) is 4.79. The summed E-state index contributed by atoms with van der Waals surface area (Å²) in [6, 6.07) is 0. The molecule has 0 aromatic heterocycles. The Balaban J connectivity index is 2.13. The molecule has 1 fully saturated rings. The van der Waals surface area contributed by atoms with Gasteiger partial charge in [0.2, 0.25) is 0 Å². The van der Waals surface area contributed by atoms with Crippen molar-refractivity contribution in [1.29, 1.82) is 0 Å². The number of rotatable bonds is 2. The summed E-state index contributed by atoms with van der Waals surface area (Å²) in [6.07, 6.45) is 4.01. The Kier molecular flexibility index (Phi) is 3.20. The molecule has 0 radical (unpaired) electrons. The van der Waals surface area contributed by atoms with E-state index < -0.39 is 0 Å². The second-order valence-corrected chi connectivity index (χ2v) is 3.71. The van der Waals surface area contributed by atoms with Crippen LogP contribution in [-0.4, -0.2) is 13.2 Å². The summed E-state index contributed by atoms with van der Waals surface area (Å²) >= 11 is 0. The quantitative estimate of drug-likeness (QED) is 0.575. The second-order valence-electron chi connectivity index (χ2n) is 3.71. The van der Waals surface area contributed by atoms with Gasteiger partial charge in [-0.1, -0.05) is 13.8 Å². The third-order valence-electron chi connectivity index (χ3n) is 2.06. The Morgan fingerprint density at radius 3 is 2.80 bits per heavy atom. The van der Waals surface area contributed by atoms with E-state index in [9.17, 15) is 0 Å². The van der Waals surface area contributed by atoms with Gasteiger partial charge in [0.25, 0.3) is 0 Å². The number of hydrogen-bond donors (Lipinski definition) is 0. The Morgan fingerprint density at radius 2 is 2.30 bits per heavy atom. The van der Waals surface area contributed by atoms with Gasteiger partial charge in [0.15, 0.2) is 0 Å². The van der Waals surface area contributed by atoms with Crippen LogP contribution in [0.5, 0.6) is 0 Å². The van der Waals surface area contributed by atoms with Crippen molar-refractivity contribution in [3.8, 4) is 0 Å². The maximum Gasteiger partial charge on any atom is 0.0494 e. The van der Waals surface area contributed by atoms with Crippen LogP contribution in [0.1, 0.15) is 33.1 Å². The average molecular weight is 142 g/mol. The maximum atomic E-state index is 5.38. The third kappa shape index (κ3) is 2.70. The molecule has 0 saturated carbocycles. The molecule has 1 heteroatoms. The fourth-order valence-electron chi connectivity index (χ4n) is 1.66. The molecule has 0 aromatic rings. The molecule has 1 atom stereocenters. The van der Waals surface area contributed by atoms with Crippen LogP contribution in [0, 0.1) is 11.8 Å². The minimum absolute atomic E-state index is 0.840. The molecule has 10 heavy (non-hydrogen) atoms. The van der Waals surface area contributed by atoms with Crippen molar-refractivity contribution in [3.05, 3.63) is 0 Å². The highest BCUT2D eigenvalue weighted by molar-refractivity contribution is 4.64. The lowest BCUT2D eigenvalue weighted by Crippen LogP contribution is -2.18. The zero-order valence-corrected chi connectivity index (χ0v) is 7.10. The first kappa shape index (κ1) is 8.06. The van der Waals surface area contributed by atoms with Crippen LogP contribution in [0.15, 0.2) is 0 Å². The maximum absolute atomic E-state index is 5.38. The van der Waals surface area contributed by atoms with Crippen molar-refractivity contribution < 1.29 is 4.74 Å². The molecule has 0 bridgehead atoms. The van der Waals surface area contributed by atoms with Crippen LogP contribution in [0.3, 0.4) is 0 Å². The molecule has 0 aromatic carbocycles. The molecule has 0 N–H and O–H groups in total. The normalized spacial score (nSPS) is 27.3. The molecule has 1 saturated heterocycles. The number of ether oxygens (including phenoxy) is 1. The van der Waals surface area contributed by atoms with Gasteiger partial charge in [0.1, 0.15) is 0 Å². The lowest BCUT2D eigenvalue weighted by Gasteiger charge is -2.23. The van der Waals surface area contributed by atoms with E-state index in [0.717, 1.165) is 25.0 Å². The molecule has 60 valence electrons. The molecule has 0 aliphatic carbocycles. The summed E-state index contributed by atoms with van der Waals surface area (Å²) in [5, 5.41) is 0. The molecule has 1 rings (SSSR count). The van der Waals surface area contributed by atoms with Gasteiger partial charge in [-0.15, -0.1) is 0 Å². The Bertz CT molecular complexity index is 82.7. The Morgan fingerprint density at radius 1 is 1.50 bits per heavy atom. The SMILES string of the molecule is CC(C)C[C@@H]1CCCOC1. The van der Waals surface area contributed by atoms with Crippen LogP contribution in [0.25, 0.3) is 0 Å². The standard InChI is InChI=1S/C9H18O/c1-8(2)6-9-4-3-5-10-7-9/h8-9H,3-7H2,1-2H3/t9-/m0/s1. The summed E-state index contributed by atoms with van der Waals surface area (Å²) in [5.74, 6) is 1.69. The van der Waals surface area contributed by atoms with Crippen LogP contribution < -0.4 is 0 Å². The van der Waals surface area contributed by atoms with Crippen molar-refractivity contribution in [1.82, 2.24) is 0 Å². The van der Waals surface area contributed by atoms with E-state index in [1.807, 2.05) is 0 Å². The van der Waals surface area contributed by atoms with E-state index in [1.165, 1.54) is 19.3 Å². The largest absolute Gasteiger partial charge is 0.381 e. The first-order valence-electron chi connectivity index (χ1n) is 4.37. The van der Waals surface area contributed by atoms with E-state index in [0.29, 0.717) is 0 Å². The van der Waals surface area contributed by atoms with E-state index in [-0.39, 0.29) is 0 Å². The first-order valence-corrected chi connectivity index (χ1v) is 4.37. The zero-order chi connectivity index (χ0) is 7.40. The fraction of sp³-hybridized carbons (Fsp3) is 1.00. The predicted molar refractivity (Wildman–Crippen MR) is 43.0 cm³/mol. The second kappa shape index (κ2) is 3.97. The minimum atomic E-state index is 0.840. The highest BCUT2D eigenvalue weighted by Gasteiger charge is 2.14. The van der Waals surface area contributed by atoms with E-state index in [1.54, 1.807) is 0 Å². The molecule has 0 unspecified atom stereocenters. The average Bonchev–Trinajstić information content (AvgIpc) is 1.88. The van der Waals surface area contributed by atoms with Crippen LogP contribution in [-0.2, 0) is 4.74 Å². The van der Waals surface area contributed by atoms with E-state index >= 15 is 0 Å². The van der Waals surface area contributed by atoms with Crippen molar-refractivity contribution >= 4 is 0 Å². The molecular formula is C9H18O. The summed E-state index contributed by atoms with van der Waals surface area (Å²) in [5.41, 5.74) is 0. The molecule has 0 amide bonds. The van der Waals surface area contributed by atoms with Crippen LogP contribution in [0.4, 0.5) is 0 Å². The molecule has 1 nitrogen and oxygen atoms in total. The van der Waals surface area contributed by atoms with Gasteiger partial charge in [0, 0.05) is 13.2 Å². The van der Waals surface area contributed by atoms with Gasteiger partial charge < -0.3 is 4.74 Å². The molecule has 1 aliphatic rings. The lowest BCUT2D eigenvalue weighted by molar-refractivity contribution is 0.0470. The van der Waals surface area contributed by atoms with E-state index in [4.69, 9.17) is 4.74 Å². The zero-order valence-electron chi connectivity index (χ0n) is 7.10. The minimum Gasteiger partial charge on any atom is -0.381 e. The van der Waals surface area contributed by atoms with Gasteiger partial charge in [-0.2, -0.15) is 0 Å². The van der Waals surface area contributed by atoms with Gasteiger partial charge in [-0.3, -0.25) is 0 Å². The molecule has 1 heterocycles. The summed E-state index contributed by atoms with van der Waals surface area (Å²) < 4.78 is 5.38. The van der Waals surface area contributed by atoms with Gasteiger partial charge >= 0.3 is 0 Å². The van der Waals surface area contributed by atoms with Crippen molar-refractivity contribution in [2.24, 2.45) is 11.8 Å². The van der Waals surface area contributed by atoms with E-state index in [2.05, 4.69) is 13.8 Å². The van der Waals surface area contributed by atoms with Crippen molar-refractivity contribution in [3.63, 3.8) is 0 Å². The van der Waals surface area contributed by atoms with Gasteiger partial charge in [0.05, 0.1) is 0 Å². The predicted octanol–water partition coefficient (Wildman–Crippen LogP) is 2.46.